The van der Waals surface area contributed by atoms with E-state index in [4.69, 9.17) is 0 Å². The minimum Gasteiger partial charge on any atom is -0.347 e. The van der Waals surface area contributed by atoms with Gasteiger partial charge in [-0.3, -0.25) is 14.4 Å². The molecule has 3 N–H and O–H groups in total. The third-order valence-electron chi connectivity index (χ3n) is 7.13. The molecule has 0 unspecified atom stereocenters. The van der Waals surface area contributed by atoms with Crippen LogP contribution in [0.15, 0.2) is 24.3 Å². The molecule has 0 spiro atoms. The predicted molar refractivity (Wildman–Crippen MR) is 125 cm³/mol. The maximum Gasteiger partial charge on any atom is 0.246 e. The van der Waals surface area contributed by atoms with E-state index in [1.807, 2.05) is 26.0 Å². The number of hydrogen-bond acceptors (Lipinski definition) is 4. The number of carbonyl (C=O) groups excluding carboxylic acids is 3. The molecule has 3 amide bonds. The lowest BCUT2D eigenvalue weighted by Gasteiger charge is -2.33. The van der Waals surface area contributed by atoms with Gasteiger partial charge in [0, 0.05) is 6.54 Å². The van der Waals surface area contributed by atoms with Crippen LogP contribution in [0, 0.1) is 5.92 Å². The lowest BCUT2D eigenvalue weighted by Crippen LogP contribution is -2.57. The van der Waals surface area contributed by atoms with Gasteiger partial charge in [0.25, 0.3) is 0 Å². The van der Waals surface area contributed by atoms with Crippen LogP contribution < -0.4 is 16.0 Å². The summed E-state index contributed by atoms with van der Waals surface area (Å²) in [5.41, 5.74) is 2.48. The topological polar surface area (TPSA) is 90.5 Å². The van der Waals surface area contributed by atoms with Gasteiger partial charge in [-0.15, -0.1) is 0 Å². The van der Waals surface area contributed by atoms with E-state index in [9.17, 15) is 14.4 Å². The number of hydrogen-bond donors (Lipinski definition) is 3. The first-order valence-electron chi connectivity index (χ1n) is 12.0. The molecule has 32 heavy (non-hydrogen) atoms. The molecule has 1 aliphatic carbocycles. The molecule has 1 aliphatic heterocycles. The van der Waals surface area contributed by atoms with Gasteiger partial charge in [-0.05, 0) is 63.1 Å². The highest BCUT2D eigenvalue weighted by atomic mass is 16.2. The van der Waals surface area contributed by atoms with Crippen molar-refractivity contribution in [2.24, 2.45) is 5.92 Å². The minimum atomic E-state index is -0.632. The Labute approximate surface area is 191 Å². The summed E-state index contributed by atoms with van der Waals surface area (Å²) in [4.78, 5) is 41.0. The zero-order valence-electron chi connectivity index (χ0n) is 19.8. The summed E-state index contributed by atoms with van der Waals surface area (Å²) in [5, 5.41) is 9.06. The van der Waals surface area contributed by atoms with Crippen molar-refractivity contribution in [1.82, 2.24) is 20.9 Å². The van der Waals surface area contributed by atoms with Crippen LogP contribution in [0.3, 0.4) is 0 Å². The molecule has 5 atom stereocenters. The smallest absolute Gasteiger partial charge is 0.246 e. The Morgan fingerprint density at radius 3 is 2.59 bits per heavy atom. The lowest BCUT2D eigenvalue weighted by atomic mass is 9.87. The van der Waals surface area contributed by atoms with E-state index < -0.39 is 18.1 Å². The normalized spacial score (nSPS) is 23.1. The predicted octanol–water partition coefficient (Wildman–Crippen LogP) is 2.31. The highest BCUT2D eigenvalue weighted by Gasteiger charge is 2.40. The van der Waals surface area contributed by atoms with Crippen molar-refractivity contribution in [2.75, 3.05) is 13.6 Å². The number of nitrogens with zero attached hydrogens (tertiary/aromatic N) is 1. The average molecular weight is 443 g/mol. The van der Waals surface area contributed by atoms with Crippen LogP contribution in [-0.4, -0.2) is 54.3 Å². The molecule has 1 saturated heterocycles. The SMILES string of the molecule is CC[C@H](C)[C@H](NC(=O)[C@H](C)NC)C(=O)N1CCC[C@H]1C(=O)N[C@@H]1CCCc2ccccc21. The van der Waals surface area contributed by atoms with Crippen molar-refractivity contribution in [3.8, 4) is 0 Å². The molecule has 1 aromatic rings. The zero-order chi connectivity index (χ0) is 23.3. The zero-order valence-corrected chi connectivity index (χ0v) is 19.8. The molecule has 7 heteroatoms. The summed E-state index contributed by atoms with van der Waals surface area (Å²) in [6, 6.07) is 6.76. The van der Waals surface area contributed by atoms with Crippen molar-refractivity contribution in [3.05, 3.63) is 35.4 Å². The highest BCUT2D eigenvalue weighted by molar-refractivity contribution is 5.93. The monoisotopic (exact) mass is 442 g/mol. The second kappa shape index (κ2) is 10.9. The van der Waals surface area contributed by atoms with Crippen LogP contribution in [-0.2, 0) is 20.8 Å². The Morgan fingerprint density at radius 1 is 1.12 bits per heavy atom. The first-order valence-corrected chi connectivity index (χ1v) is 12.0. The molecule has 2 aliphatic rings. The molecule has 1 aromatic carbocycles. The molecule has 0 aromatic heterocycles. The summed E-state index contributed by atoms with van der Waals surface area (Å²) in [6.07, 6.45) is 5.20. The number of aryl methyl sites for hydroxylation is 1. The van der Waals surface area contributed by atoms with Gasteiger partial charge in [0.15, 0.2) is 0 Å². The van der Waals surface area contributed by atoms with E-state index in [1.54, 1.807) is 18.9 Å². The van der Waals surface area contributed by atoms with Crippen LogP contribution in [0.1, 0.15) is 70.0 Å². The van der Waals surface area contributed by atoms with Gasteiger partial charge in [0.05, 0.1) is 12.1 Å². The van der Waals surface area contributed by atoms with Crippen molar-refractivity contribution >= 4 is 17.7 Å². The highest BCUT2D eigenvalue weighted by Crippen LogP contribution is 2.30. The van der Waals surface area contributed by atoms with Crippen LogP contribution in [0.2, 0.25) is 0 Å². The van der Waals surface area contributed by atoms with Gasteiger partial charge in [-0.25, -0.2) is 0 Å². The molecule has 0 radical (unpaired) electrons. The van der Waals surface area contributed by atoms with Gasteiger partial charge >= 0.3 is 0 Å². The van der Waals surface area contributed by atoms with E-state index in [0.717, 1.165) is 32.1 Å². The van der Waals surface area contributed by atoms with Gasteiger partial charge in [-0.1, -0.05) is 44.5 Å². The Balaban J connectivity index is 1.72. The molecule has 0 bridgehead atoms. The number of likely N-dealkylation sites (N-methyl/N-ethyl adjacent to an activating group) is 1. The van der Waals surface area contributed by atoms with Crippen LogP contribution in [0.4, 0.5) is 0 Å². The maximum atomic E-state index is 13.5. The molecule has 1 heterocycles. The summed E-state index contributed by atoms with van der Waals surface area (Å²) < 4.78 is 0. The molecule has 0 saturated carbocycles. The van der Waals surface area contributed by atoms with Crippen LogP contribution >= 0.6 is 0 Å². The van der Waals surface area contributed by atoms with Crippen molar-refractivity contribution in [3.63, 3.8) is 0 Å². The fourth-order valence-corrected chi connectivity index (χ4v) is 4.75. The van der Waals surface area contributed by atoms with E-state index in [0.29, 0.717) is 13.0 Å². The Hall–Kier alpha value is -2.41. The summed E-state index contributed by atoms with van der Waals surface area (Å²) in [5.74, 6) is -0.469. The number of amides is 3. The van der Waals surface area contributed by atoms with Crippen molar-refractivity contribution in [1.29, 1.82) is 0 Å². The summed E-state index contributed by atoms with van der Waals surface area (Å²) in [7, 11) is 1.72. The number of benzene rings is 1. The molecular weight excluding hydrogens is 404 g/mol. The van der Waals surface area contributed by atoms with Crippen molar-refractivity contribution in [2.45, 2.75) is 83.5 Å². The minimum absolute atomic E-state index is 0.00783. The number of nitrogens with one attached hydrogen (secondary N) is 3. The Kier molecular flexibility index (Phi) is 8.29. The molecule has 1 fully saturated rings. The largest absolute Gasteiger partial charge is 0.347 e. The van der Waals surface area contributed by atoms with E-state index in [1.165, 1.54) is 11.1 Å². The quantitative estimate of drug-likeness (QED) is 0.576. The molecule has 176 valence electrons. The maximum absolute atomic E-state index is 13.5. The third-order valence-corrected chi connectivity index (χ3v) is 7.13. The van der Waals surface area contributed by atoms with E-state index >= 15 is 0 Å². The van der Waals surface area contributed by atoms with Crippen LogP contribution in [0.5, 0.6) is 0 Å². The first kappa shape index (κ1) is 24.2. The summed E-state index contributed by atoms with van der Waals surface area (Å²) >= 11 is 0. The van der Waals surface area contributed by atoms with Gasteiger partial charge in [0.1, 0.15) is 12.1 Å². The summed E-state index contributed by atoms with van der Waals surface area (Å²) in [6.45, 7) is 6.29. The fourth-order valence-electron chi connectivity index (χ4n) is 4.75. The molecular formula is C25H38N4O3. The molecule has 3 rings (SSSR count). The second-order valence-corrected chi connectivity index (χ2v) is 9.22. The standard InChI is InChI=1S/C25H38N4O3/c1-5-16(2)22(28-23(30)17(3)26-4)25(32)29-15-9-14-21(29)24(31)27-20-13-8-11-18-10-6-7-12-19(18)20/h6-7,10,12,16-17,20-22,26H,5,8-9,11,13-15H2,1-4H3,(H,27,31)(H,28,30)/t16-,17-,20+,21-,22-/m0/s1. The van der Waals surface area contributed by atoms with Gasteiger partial charge in [-0.2, -0.15) is 0 Å². The number of rotatable bonds is 8. The van der Waals surface area contributed by atoms with E-state index in [2.05, 4.69) is 28.1 Å². The average Bonchev–Trinajstić information content (AvgIpc) is 3.31. The second-order valence-electron chi connectivity index (χ2n) is 9.22. The molecule has 7 nitrogen and oxygen atoms in total. The number of likely N-dealkylation sites (tertiary alicyclic amines) is 1. The number of carbonyl (C=O) groups is 3. The van der Waals surface area contributed by atoms with E-state index in [-0.39, 0.29) is 29.7 Å². The Bertz CT molecular complexity index is 827. The number of fused-ring (bicyclic) bond motifs is 1. The van der Waals surface area contributed by atoms with Crippen molar-refractivity contribution < 1.29 is 14.4 Å². The Morgan fingerprint density at radius 2 is 1.88 bits per heavy atom. The van der Waals surface area contributed by atoms with Gasteiger partial charge < -0.3 is 20.9 Å². The third kappa shape index (κ3) is 5.31. The lowest BCUT2D eigenvalue weighted by molar-refractivity contribution is -0.143. The fraction of sp³-hybridized carbons (Fsp3) is 0.640. The first-order chi connectivity index (χ1) is 15.4. The van der Waals surface area contributed by atoms with Crippen LogP contribution in [0.25, 0.3) is 0 Å². The van der Waals surface area contributed by atoms with Gasteiger partial charge in [0.2, 0.25) is 17.7 Å².